The van der Waals surface area contributed by atoms with Crippen LogP contribution in [0.3, 0.4) is 0 Å². The van der Waals surface area contributed by atoms with E-state index in [1.165, 1.54) is 0 Å². The van der Waals surface area contributed by atoms with E-state index in [1.54, 1.807) is 11.8 Å². The predicted molar refractivity (Wildman–Crippen MR) is 64.0 cm³/mol. The molecule has 1 atom stereocenters. The molecule has 84 valence electrons. The van der Waals surface area contributed by atoms with Gasteiger partial charge in [0.2, 0.25) is 11.8 Å². The van der Waals surface area contributed by atoms with E-state index in [1.807, 2.05) is 36.6 Å². The highest BCUT2D eigenvalue weighted by molar-refractivity contribution is 7.97. The Morgan fingerprint density at radius 1 is 1.31 bits per heavy atom. The Morgan fingerprint density at radius 2 is 2.06 bits per heavy atom. The predicted octanol–water partition coefficient (Wildman–Crippen LogP) is 1.98. The number of rotatable bonds is 4. The summed E-state index contributed by atoms with van der Waals surface area (Å²) in [4.78, 5) is 0. The van der Waals surface area contributed by atoms with Gasteiger partial charge in [-0.05, 0) is 11.8 Å². The third-order valence-electron chi connectivity index (χ3n) is 2.18. The first-order valence-corrected chi connectivity index (χ1v) is 6.32. The van der Waals surface area contributed by atoms with Gasteiger partial charge in [-0.25, -0.2) is 0 Å². The van der Waals surface area contributed by atoms with Crippen molar-refractivity contribution in [2.45, 2.75) is 11.8 Å². The van der Waals surface area contributed by atoms with Crippen LogP contribution < -0.4 is 5.73 Å². The highest BCUT2D eigenvalue weighted by Gasteiger charge is 2.15. The fourth-order valence-electron chi connectivity index (χ4n) is 1.38. The van der Waals surface area contributed by atoms with Crippen molar-refractivity contribution in [2.75, 3.05) is 6.26 Å². The molecule has 1 unspecified atom stereocenters. The van der Waals surface area contributed by atoms with Crippen LogP contribution in [0, 0.1) is 0 Å². The van der Waals surface area contributed by atoms with Crippen LogP contribution in [-0.2, 0) is 5.75 Å². The molecule has 0 fully saturated rings. The summed E-state index contributed by atoms with van der Waals surface area (Å²) in [5, 5.41) is 7.89. The van der Waals surface area contributed by atoms with Crippen LogP contribution >= 0.6 is 11.8 Å². The Kier molecular flexibility index (Phi) is 3.58. The average Bonchev–Trinajstić information content (AvgIpc) is 2.78. The van der Waals surface area contributed by atoms with Crippen LogP contribution in [0.1, 0.15) is 23.4 Å². The molecule has 2 aromatic rings. The lowest BCUT2D eigenvalue weighted by atomic mass is 10.1. The van der Waals surface area contributed by atoms with Crippen molar-refractivity contribution in [3.8, 4) is 0 Å². The number of aromatic nitrogens is 2. The number of hydrogen-bond acceptors (Lipinski definition) is 5. The molecule has 0 aliphatic rings. The number of hydrogen-bond donors (Lipinski definition) is 1. The molecule has 0 aliphatic heterocycles. The van der Waals surface area contributed by atoms with Gasteiger partial charge in [0.15, 0.2) is 0 Å². The SMILES string of the molecule is CSCc1nnc(C(N)c2ccccc2)o1. The van der Waals surface area contributed by atoms with Gasteiger partial charge < -0.3 is 10.2 Å². The van der Waals surface area contributed by atoms with E-state index < -0.39 is 0 Å². The van der Waals surface area contributed by atoms with Crippen LogP contribution in [0.5, 0.6) is 0 Å². The van der Waals surface area contributed by atoms with Crippen LogP contribution in [0.15, 0.2) is 34.7 Å². The molecule has 5 heteroatoms. The van der Waals surface area contributed by atoms with Crippen molar-refractivity contribution in [3.05, 3.63) is 47.7 Å². The average molecular weight is 235 g/mol. The van der Waals surface area contributed by atoms with Gasteiger partial charge in [0.25, 0.3) is 0 Å². The van der Waals surface area contributed by atoms with Crippen LogP contribution in [0.25, 0.3) is 0 Å². The second-order valence-electron chi connectivity index (χ2n) is 3.36. The van der Waals surface area contributed by atoms with E-state index in [4.69, 9.17) is 10.2 Å². The molecule has 0 saturated heterocycles. The van der Waals surface area contributed by atoms with Crippen molar-refractivity contribution in [1.82, 2.24) is 10.2 Å². The summed E-state index contributed by atoms with van der Waals surface area (Å²) in [5.41, 5.74) is 7.00. The summed E-state index contributed by atoms with van der Waals surface area (Å²) in [6.07, 6.45) is 1.99. The van der Waals surface area contributed by atoms with Crippen LogP contribution in [0.2, 0.25) is 0 Å². The van der Waals surface area contributed by atoms with Gasteiger partial charge in [-0.1, -0.05) is 30.3 Å². The molecule has 1 aromatic carbocycles. The molecule has 0 saturated carbocycles. The van der Waals surface area contributed by atoms with Crippen molar-refractivity contribution in [3.63, 3.8) is 0 Å². The molecule has 2 N–H and O–H groups in total. The van der Waals surface area contributed by atoms with Crippen LogP contribution in [0.4, 0.5) is 0 Å². The monoisotopic (exact) mass is 235 g/mol. The largest absolute Gasteiger partial charge is 0.422 e. The zero-order valence-electron chi connectivity index (χ0n) is 8.96. The minimum Gasteiger partial charge on any atom is -0.422 e. The number of nitrogens with zero attached hydrogens (tertiary/aromatic N) is 2. The summed E-state index contributed by atoms with van der Waals surface area (Å²) in [6.45, 7) is 0. The minimum atomic E-state index is -0.343. The molecule has 2 rings (SSSR count). The summed E-state index contributed by atoms with van der Waals surface area (Å²) >= 11 is 1.64. The van der Waals surface area contributed by atoms with Crippen molar-refractivity contribution < 1.29 is 4.42 Å². The van der Waals surface area contributed by atoms with E-state index in [0.717, 1.165) is 5.56 Å². The lowest BCUT2D eigenvalue weighted by Gasteiger charge is -2.05. The lowest BCUT2D eigenvalue weighted by molar-refractivity contribution is 0.448. The molecule has 1 aromatic heterocycles. The lowest BCUT2D eigenvalue weighted by Crippen LogP contribution is -2.11. The van der Waals surface area contributed by atoms with Gasteiger partial charge in [-0.2, -0.15) is 11.8 Å². The maximum absolute atomic E-state index is 6.02. The van der Waals surface area contributed by atoms with Gasteiger partial charge in [0, 0.05) is 0 Å². The Morgan fingerprint density at radius 3 is 2.75 bits per heavy atom. The number of nitrogens with two attached hydrogens (primary N) is 1. The highest BCUT2D eigenvalue weighted by Crippen LogP contribution is 2.18. The van der Waals surface area contributed by atoms with E-state index in [9.17, 15) is 0 Å². The molecule has 4 nitrogen and oxygen atoms in total. The Labute approximate surface area is 98.2 Å². The summed E-state index contributed by atoms with van der Waals surface area (Å²) in [7, 11) is 0. The molecular weight excluding hydrogens is 222 g/mol. The molecule has 0 radical (unpaired) electrons. The van der Waals surface area contributed by atoms with Gasteiger partial charge >= 0.3 is 0 Å². The number of thioether (sulfide) groups is 1. The third-order valence-corrected chi connectivity index (χ3v) is 2.71. The van der Waals surface area contributed by atoms with E-state index in [0.29, 0.717) is 17.5 Å². The highest BCUT2D eigenvalue weighted by atomic mass is 32.2. The quantitative estimate of drug-likeness (QED) is 0.877. The fourth-order valence-corrected chi connectivity index (χ4v) is 1.74. The van der Waals surface area contributed by atoms with Gasteiger partial charge in [0.1, 0.15) is 6.04 Å². The van der Waals surface area contributed by atoms with E-state index in [-0.39, 0.29) is 6.04 Å². The number of benzene rings is 1. The standard InChI is InChI=1S/C11H13N3OS/c1-16-7-9-13-14-11(15-9)10(12)8-5-3-2-4-6-8/h2-6,10H,7,12H2,1H3. The van der Waals surface area contributed by atoms with Crippen molar-refractivity contribution >= 4 is 11.8 Å². The van der Waals surface area contributed by atoms with Gasteiger partial charge in [-0.3, -0.25) is 0 Å². The first-order chi connectivity index (χ1) is 7.81. The Hall–Kier alpha value is -1.33. The molecule has 0 bridgehead atoms. The normalized spacial score (nSPS) is 12.6. The van der Waals surface area contributed by atoms with E-state index >= 15 is 0 Å². The second kappa shape index (κ2) is 5.14. The van der Waals surface area contributed by atoms with Crippen molar-refractivity contribution in [1.29, 1.82) is 0 Å². The van der Waals surface area contributed by atoms with Crippen LogP contribution in [-0.4, -0.2) is 16.5 Å². The smallest absolute Gasteiger partial charge is 0.237 e. The molecule has 0 amide bonds. The summed E-state index contributed by atoms with van der Waals surface area (Å²) in [6, 6.07) is 9.38. The molecule has 0 aliphatic carbocycles. The molecule has 16 heavy (non-hydrogen) atoms. The fraction of sp³-hybridized carbons (Fsp3) is 0.273. The Balaban J connectivity index is 2.17. The maximum Gasteiger partial charge on any atom is 0.237 e. The third kappa shape index (κ3) is 2.43. The Bertz CT molecular complexity index is 444. The molecule has 0 spiro atoms. The summed E-state index contributed by atoms with van der Waals surface area (Å²) < 4.78 is 5.47. The zero-order chi connectivity index (χ0) is 11.4. The van der Waals surface area contributed by atoms with Crippen molar-refractivity contribution in [2.24, 2.45) is 5.73 Å². The first-order valence-electron chi connectivity index (χ1n) is 4.93. The minimum absolute atomic E-state index is 0.343. The molecular formula is C11H13N3OS. The van der Waals surface area contributed by atoms with E-state index in [2.05, 4.69) is 10.2 Å². The second-order valence-corrected chi connectivity index (χ2v) is 4.22. The van der Waals surface area contributed by atoms with Gasteiger partial charge in [-0.15, -0.1) is 10.2 Å². The van der Waals surface area contributed by atoms with Gasteiger partial charge in [0.05, 0.1) is 5.75 Å². The zero-order valence-corrected chi connectivity index (χ0v) is 9.78. The summed E-state index contributed by atoms with van der Waals surface area (Å²) in [5.74, 6) is 1.80. The first kappa shape index (κ1) is 11.2. The topological polar surface area (TPSA) is 64.9 Å². The maximum atomic E-state index is 6.02. The molecule has 1 heterocycles.